The summed E-state index contributed by atoms with van der Waals surface area (Å²) in [7, 11) is 0. The highest BCUT2D eigenvalue weighted by Gasteiger charge is 2.22. The number of nitrogens with two attached hydrogens (primary N) is 1. The molecule has 0 radical (unpaired) electrons. The Balaban J connectivity index is 1.65. The fourth-order valence-electron chi connectivity index (χ4n) is 3.14. The van der Waals surface area contributed by atoms with Gasteiger partial charge in [-0.05, 0) is 34.9 Å². The van der Waals surface area contributed by atoms with Crippen LogP contribution in [0.3, 0.4) is 0 Å². The van der Waals surface area contributed by atoms with Crippen LogP contribution in [-0.2, 0) is 13.1 Å². The molecule has 0 unspecified atom stereocenters. The number of imidazole rings is 1. The van der Waals surface area contributed by atoms with Gasteiger partial charge in [-0.25, -0.2) is 14.4 Å². The number of carbonyl (C=O) groups excluding carboxylic acids is 1. The van der Waals surface area contributed by atoms with E-state index in [0.717, 1.165) is 5.56 Å². The molecule has 0 atom stereocenters. The molecule has 4 rings (SSSR count). The van der Waals surface area contributed by atoms with Crippen LogP contribution in [0.2, 0.25) is 0 Å². The van der Waals surface area contributed by atoms with Crippen molar-refractivity contribution in [1.29, 1.82) is 0 Å². The van der Waals surface area contributed by atoms with E-state index in [2.05, 4.69) is 30.2 Å². The van der Waals surface area contributed by atoms with Crippen LogP contribution in [0.15, 0.2) is 41.3 Å². The van der Waals surface area contributed by atoms with Gasteiger partial charge in [0.15, 0.2) is 17.3 Å². The molecular formula is C19H17N7O4. The van der Waals surface area contributed by atoms with Gasteiger partial charge in [0.25, 0.3) is 5.91 Å². The van der Waals surface area contributed by atoms with Crippen molar-refractivity contribution >= 4 is 28.7 Å². The zero-order chi connectivity index (χ0) is 21.3. The first-order chi connectivity index (χ1) is 14.5. The van der Waals surface area contributed by atoms with Gasteiger partial charge < -0.3 is 20.7 Å². The molecular weight excluding hydrogens is 390 g/mol. The van der Waals surface area contributed by atoms with E-state index in [4.69, 9.17) is 10.8 Å². The molecule has 0 saturated heterocycles. The molecule has 3 aromatic heterocycles. The number of carboxylic acid groups (broad SMARTS) is 1. The Kier molecular flexibility index (Phi) is 4.84. The summed E-state index contributed by atoms with van der Waals surface area (Å²) in [5.74, 6) is -0.820. The van der Waals surface area contributed by atoms with Crippen molar-refractivity contribution in [3.05, 3.63) is 53.3 Å². The Morgan fingerprint density at radius 1 is 1.20 bits per heavy atom. The van der Waals surface area contributed by atoms with Crippen LogP contribution in [0.25, 0.3) is 22.6 Å². The molecule has 4 aromatic rings. The normalized spacial score (nSPS) is 11.0. The number of rotatable bonds is 6. The third-order valence-electron chi connectivity index (χ3n) is 4.59. The average molecular weight is 407 g/mol. The van der Waals surface area contributed by atoms with E-state index in [1.807, 2.05) is 6.92 Å². The maximum absolute atomic E-state index is 12.9. The number of hydrogen-bond donors (Lipinski definition) is 3. The Morgan fingerprint density at radius 2 is 1.97 bits per heavy atom. The minimum absolute atomic E-state index is 0.101. The van der Waals surface area contributed by atoms with Crippen LogP contribution >= 0.6 is 0 Å². The largest absolute Gasteiger partial charge is 0.478 e. The smallest absolute Gasteiger partial charge is 0.335 e. The summed E-state index contributed by atoms with van der Waals surface area (Å²) in [6, 6.07) is 6.27. The van der Waals surface area contributed by atoms with Gasteiger partial charge >= 0.3 is 5.97 Å². The highest BCUT2D eigenvalue weighted by molar-refractivity contribution is 6.05. The molecule has 0 aliphatic heterocycles. The number of carboxylic acids is 1. The topological polar surface area (TPSA) is 162 Å². The molecule has 1 amide bonds. The molecule has 0 bridgehead atoms. The van der Waals surface area contributed by atoms with Crippen LogP contribution in [-0.4, -0.2) is 41.8 Å². The van der Waals surface area contributed by atoms with E-state index in [1.165, 1.54) is 18.3 Å². The number of aromatic nitrogens is 5. The van der Waals surface area contributed by atoms with Crippen LogP contribution in [0.5, 0.6) is 0 Å². The SMILES string of the molecule is CCn1c(-c2nonc2N)nc2cncc(C(=O)NCc3ccc(C(=O)O)cc3)c21. The van der Waals surface area contributed by atoms with Gasteiger partial charge in [0.2, 0.25) is 0 Å². The Bertz CT molecular complexity index is 1240. The van der Waals surface area contributed by atoms with Crippen LogP contribution < -0.4 is 11.1 Å². The van der Waals surface area contributed by atoms with Gasteiger partial charge in [0.1, 0.15) is 5.52 Å². The molecule has 0 fully saturated rings. The lowest BCUT2D eigenvalue weighted by Gasteiger charge is -2.09. The summed E-state index contributed by atoms with van der Waals surface area (Å²) in [6.07, 6.45) is 3.02. The predicted molar refractivity (Wildman–Crippen MR) is 105 cm³/mol. The first kappa shape index (κ1) is 19.1. The second kappa shape index (κ2) is 7.62. The van der Waals surface area contributed by atoms with Crippen molar-refractivity contribution in [2.24, 2.45) is 0 Å². The van der Waals surface area contributed by atoms with E-state index in [-0.39, 0.29) is 29.5 Å². The minimum Gasteiger partial charge on any atom is -0.478 e. The van der Waals surface area contributed by atoms with Crippen molar-refractivity contribution in [2.45, 2.75) is 20.0 Å². The highest BCUT2D eigenvalue weighted by Crippen LogP contribution is 2.28. The van der Waals surface area contributed by atoms with Crippen LogP contribution in [0.4, 0.5) is 5.82 Å². The number of amides is 1. The number of nitrogens with one attached hydrogen (secondary N) is 1. The summed E-state index contributed by atoms with van der Waals surface area (Å²) in [5, 5.41) is 19.2. The quantitative estimate of drug-likeness (QED) is 0.432. The molecule has 11 heteroatoms. The van der Waals surface area contributed by atoms with Crippen molar-refractivity contribution in [1.82, 2.24) is 30.2 Å². The van der Waals surface area contributed by atoms with Gasteiger partial charge in [0, 0.05) is 19.3 Å². The minimum atomic E-state index is -1.00. The number of nitrogen functional groups attached to an aromatic ring is 1. The first-order valence-electron chi connectivity index (χ1n) is 9.02. The van der Waals surface area contributed by atoms with Crippen molar-refractivity contribution in [3.8, 4) is 11.5 Å². The number of aromatic carboxylic acids is 1. The molecule has 152 valence electrons. The van der Waals surface area contributed by atoms with Crippen molar-refractivity contribution in [2.75, 3.05) is 5.73 Å². The average Bonchev–Trinajstić information content (AvgIpc) is 3.34. The van der Waals surface area contributed by atoms with Crippen molar-refractivity contribution < 1.29 is 19.3 Å². The summed E-state index contributed by atoms with van der Waals surface area (Å²) in [6.45, 7) is 2.63. The Morgan fingerprint density at radius 3 is 2.60 bits per heavy atom. The maximum atomic E-state index is 12.9. The van der Waals surface area contributed by atoms with Gasteiger partial charge in [-0.2, -0.15) is 0 Å². The molecule has 11 nitrogen and oxygen atoms in total. The zero-order valence-electron chi connectivity index (χ0n) is 15.9. The fraction of sp³-hybridized carbons (Fsp3) is 0.158. The van der Waals surface area contributed by atoms with Gasteiger partial charge in [-0.1, -0.05) is 12.1 Å². The lowest BCUT2D eigenvalue weighted by atomic mass is 10.1. The molecule has 0 spiro atoms. The lowest BCUT2D eigenvalue weighted by molar-refractivity contribution is 0.0696. The van der Waals surface area contributed by atoms with E-state index < -0.39 is 5.97 Å². The molecule has 0 aliphatic carbocycles. The lowest BCUT2D eigenvalue weighted by Crippen LogP contribution is -2.23. The Hall–Kier alpha value is -4.28. The van der Waals surface area contributed by atoms with Crippen LogP contribution in [0, 0.1) is 0 Å². The molecule has 30 heavy (non-hydrogen) atoms. The number of pyridine rings is 1. The number of nitrogens with zero attached hydrogens (tertiary/aromatic N) is 5. The third-order valence-corrected chi connectivity index (χ3v) is 4.59. The van der Waals surface area contributed by atoms with Gasteiger partial charge in [-0.15, -0.1) is 0 Å². The predicted octanol–water partition coefficient (Wildman–Crippen LogP) is 1.71. The molecule has 0 aliphatic rings. The fourth-order valence-corrected chi connectivity index (χ4v) is 3.14. The summed E-state index contributed by atoms with van der Waals surface area (Å²) in [4.78, 5) is 32.4. The zero-order valence-corrected chi connectivity index (χ0v) is 15.9. The standard InChI is InChI=1S/C19H17N7O4/c1-2-26-15-12(18(27)22-7-10-3-5-11(6-4-10)19(28)29)8-21-9-13(15)23-17(26)14-16(20)25-30-24-14/h3-6,8-9H,2,7H2,1H3,(H2,20,25)(H,22,27)(H,28,29). The van der Waals surface area contributed by atoms with Crippen LogP contribution in [0.1, 0.15) is 33.2 Å². The van der Waals surface area contributed by atoms with Gasteiger partial charge in [0.05, 0.1) is 22.8 Å². The first-order valence-corrected chi connectivity index (χ1v) is 9.02. The highest BCUT2D eigenvalue weighted by atomic mass is 16.6. The second-order valence-electron chi connectivity index (χ2n) is 6.42. The maximum Gasteiger partial charge on any atom is 0.335 e. The summed E-state index contributed by atoms with van der Waals surface area (Å²) in [5.41, 5.74) is 8.47. The Labute approximate surface area is 169 Å². The summed E-state index contributed by atoms with van der Waals surface area (Å²) < 4.78 is 6.47. The van der Waals surface area contributed by atoms with E-state index in [0.29, 0.717) is 29.0 Å². The molecule has 4 N–H and O–H groups in total. The number of hydrogen-bond acceptors (Lipinski definition) is 8. The second-order valence-corrected chi connectivity index (χ2v) is 6.42. The van der Waals surface area contributed by atoms with E-state index >= 15 is 0 Å². The van der Waals surface area contributed by atoms with Gasteiger partial charge in [-0.3, -0.25) is 9.78 Å². The number of aryl methyl sites for hydroxylation is 1. The summed E-state index contributed by atoms with van der Waals surface area (Å²) >= 11 is 0. The number of anilines is 1. The molecule has 3 heterocycles. The van der Waals surface area contributed by atoms with E-state index in [1.54, 1.807) is 22.9 Å². The third kappa shape index (κ3) is 3.32. The molecule has 1 aromatic carbocycles. The van der Waals surface area contributed by atoms with Crippen molar-refractivity contribution in [3.63, 3.8) is 0 Å². The van der Waals surface area contributed by atoms with E-state index in [9.17, 15) is 9.59 Å². The number of carbonyl (C=O) groups is 2. The molecule has 0 saturated carbocycles. The number of fused-ring (bicyclic) bond motifs is 1. The monoisotopic (exact) mass is 407 g/mol. The number of benzene rings is 1.